The Morgan fingerprint density at radius 1 is 1.48 bits per heavy atom. The summed E-state index contributed by atoms with van der Waals surface area (Å²) < 4.78 is 0. The fraction of sp³-hybridized carbons (Fsp3) is 0.429. The summed E-state index contributed by atoms with van der Waals surface area (Å²) in [5.74, 6) is -0.359. The van der Waals surface area contributed by atoms with Gasteiger partial charge in [0, 0.05) is 30.4 Å². The first-order valence-corrected chi connectivity index (χ1v) is 7.73. The molecule has 0 saturated carbocycles. The topological polar surface area (TPSA) is 85.0 Å². The Hall–Kier alpha value is -1.86. The van der Waals surface area contributed by atoms with Crippen LogP contribution in [0.2, 0.25) is 0 Å². The molecule has 0 radical (unpaired) electrons. The van der Waals surface area contributed by atoms with Gasteiger partial charge in [-0.2, -0.15) is 0 Å². The number of primary amides is 1. The standard InChI is InChI=1S/C14H17N5OS/c1-10-11(21-9-18-10)8-19-6-2-3-14(19,13(15)20)12-7-16-4-5-17-12/h4-5,7,9H,2-3,6,8H2,1H3,(H2,15,20)/t14-/m0/s1. The molecule has 2 aromatic rings. The van der Waals surface area contributed by atoms with Crippen molar-refractivity contribution < 1.29 is 4.79 Å². The molecule has 1 aliphatic heterocycles. The van der Waals surface area contributed by atoms with Crippen molar-refractivity contribution >= 4 is 17.2 Å². The molecule has 3 rings (SSSR count). The van der Waals surface area contributed by atoms with Crippen LogP contribution < -0.4 is 5.73 Å². The summed E-state index contributed by atoms with van der Waals surface area (Å²) in [5, 5.41) is 0. The van der Waals surface area contributed by atoms with E-state index in [9.17, 15) is 4.79 Å². The number of carbonyl (C=O) groups is 1. The van der Waals surface area contributed by atoms with Crippen LogP contribution >= 0.6 is 11.3 Å². The van der Waals surface area contributed by atoms with E-state index in [1.807, 2.05) is 12.4 Å². The summed E-state index contributed by atoms with van der Waals surface area (Å²) in [4.78, 5) is 28.2. The zero-order chi connectivity index (χ0) is 14.9. The van der Waals surface area contributed by atoms with Crippen LogP contribution in [-0.4, -0.2) is 32.3 Å². The van der Waals surface area contributed by atoms with Crippen LogP contribution in [0.3, 0.4) is 0 Å². The van der Waals surface area contributed by atoms with Gasteiger partial charge in [0.2, 0.25) is 5.91 Å². The van der Waals surface area contributed by atoms with Gasteiger partial charge in [0.05, 0.1) is 23.1 Å². The van der Waals surface area contributed by atoms with Gasteiger partial charge in [-0.3, -0.25) is 19.7 Å². The van der Waals surface area contributed by atoms with Gasteiger partial charge in [0.1, 0.15) is 5.54 Å². The van der Waals surface area contributed by atoms with Crippen LogP contribution in [0.1, 0.15) is 29.1 Å². The van der Waals surface area contributed by atoms with Crippen molar-refractivity contribution in [2.24, 2.45) is 5.73 Å². The first-order chi connectivity index (χ1) is 10.1. The van der Waals surface area contributed by atoms with Crippen molar-refractivity contribution in [1.29, 1.82) is 0 Å². The molecule has 0 aromatic carbocycles. The highest BCUT2D eigenvalue weighted by Crippen LogP contribution is 2.39. The van der Waals surface area contributed by atoms with Crippen LogP contribution in [0.4, 0.5) is 0 Å². The third kappa shape index (κ3) is 2.32. The van der Waals surface area contributed by atoms with E-state index in [0.29, 0.717) is 18.7 Å². The SMILES string of the molecule is Cc1ncsc1CN1CCC[C@@]1(C(N)=O)c1cnccn1. The van der Waals surface area contributed by atoms with E-state index in [1.165, 1.54) is 0 Å². The third-order valence-corrected chi connectivity index (χ3v) is 5.00. The maximum Gasteiger partial charge on any atom is 0.244 e. The quantitative estimate of drug-likeness (QED) is 0.918. The second-order valence-corrected chi connectivity index (χ2v) is 6.14. The Balaban J connectivity index is 1.99. The van der Waals surface area contributed by atoms with Crippen LogP contribution in [0.5, 0.6) is 0 Å². The molecule has 110 valence electrons. The van der Waals surface area contributed by atoms with E-state index in [2.05, 4.69) is 19.9 Å². The van der Waals surface area contributed by atoms with Gasteiger partial charge in [-0.15, -0.1) is 11.3 Å². The van der Waals surface area contributed by atoms with E-state index in [0.717, 1.165) is 23.5 Å². The predicted octanol–water partition coefficient (Wildman–Crippen LogP) is 1.22. The van der Waals surface area contributed by atoms with Crippen LogP contribution in [0, 0.1) is 6.92 Å². The Labute approximate surface area is 127 Å². The number of nitrogens with two attached hydrogens (primary N) is 1. The summed E-state index contributed by atoms with van der Waals surface area (Å²) >= 11 is 1.60. The minimum absolute atomic E-state index is 0.359. The molecule has 0 bridgehead atoms. The number of hydrogen-bond acceptors (Lipinski definition) is 6. The molecule has 1 amide bonds. The average Bonchev–Trinajstić information content (AvgIpc) is 3.08. The molecule has 3 heterocycles. The normalized spacial score (nSPS) is 22.5. The minimum atomic E-state index is -0.856. The van der Waals surface area contributed by atoms with Crippen LogP contribution in [0.25, 0.3) is 0 Å². The molecular weight excluding hydrogens is 286 g/mol. The van der Waals surface area contributed by atoms with E-state index >= 15 is 0 Å². The van der Waals surface area contributed by atoms with Crippen molar-refractivity contribution in [1.82, 2.24) is 19.9 Å². The zero-order valence-corrected chi connectivity index (χ0v) is 12.6. The van der Waals surface area contributed by atoms with Crippen molar-refractivity contribution in [3.8, 4) is 0 Å². The Kier molecular flexibility index (Phi) is 3.69. The number of likely N-dealkylation sites (tertiary alicyclic amines) is 1. The smallest absolute Gasteiger partial charge is 0.244 e. The number of rotatable bonds is 4. The number of aryl methyl sites for hydroxylation is 1. The Bertz CT molecular complexity index is 644. The number of hydrogen-bond donors (Lipinski definition) is 1. The van der Waals surface area contributed by atoms with E-state index < -0.39 is 5.54 Å². The van der Waals surface area contributed by atoms with Gasteiger partial charge < -0.3 is 5.73 Å². The van der Waals surface area contributed by atoms with Gasteiger partial charge in [0.25, 0.3) is 0 Å². The second kappa shape index (κ2) is 5.50. The molecule has 1 atom stereocenters. The predicted molar refractivity (Wildman–Crippen MR) is 79.4 cm³/mol. The van der Waals surface area contributed by atoms with E-state index in [1.54, 1.807) is 29.9 Å². The van der Waals surface area contributed by atoms with E-state index in [4.69, 9.17) is 5.73 Å². The minimum Gasteiger partial charge on any atom is -0.368 e. The highest BCUT2D eigenvalue weighted by atomic mass is 32.1. The first kappa shape index (κ1) is 14.1. The molecule has 1 fully saturated rings. The maximum absolute atomic E-state index is 12.2. The van der Waals surface area contributed by atoms with E-state index in [-0.39, 0.29) is 5.91 Å². The lowest BCUT2D eigenvalue weighted by Gasteiger charge is -2.34. The van der Waals surface area contributed by atoms with Crippen LogP contribution in [-0.2, 0) is 16.9 Å². The average molecular weight is 303 g/mol. The summed E-state index contributed by atoms with van der Waals surface area (Å²) in [5.41, 5.74) is 8.37. The van der Waals surface area contributed by atoms with Gasteiger partial charge in [-0.25, -0.2) is 4.98 Å². The molecule has 0 spiro atoms. The lowest BCUT2D eigenvalue weighted by atomic mass is 9.91. The first-order valence-electron chi connectivity index (χ1n) is 6.85. The molecular formula is C14H17N5OS. The number of amides is 1. The summed E-state index contributed by atoms with van der Waals surface area (Å²) in [7, 11) is 0. The fourth-order valence-electron chi connectivity index (χ4n) is 2.95. The highest BCUT2D eigenvalue weighted by Gasteiger charge is 2.49. The van der Waals surface area contributed by atoms with Crippen molar-refractivity contribution in [3.05, 3.63) is 40.4 Å². The molecule has 0 unspecified atom stereocenters. The van der Waals surface area contributed by atoms with Gasteiger partial charge in [0.15, 0.2) is 0 Å². The zero-order valence-electron chi connectivity index (χ0n) is 11.8. The van der Waals surface area contributed by atoms with Gasteiger partial charge in [-0.05, 0) is 19.8 Å². The maximum atomic E-state index is 12.2. The molecule has 6 nitrogen and oxygen atoms in total. The largest absolute Gasteiger partial charge is 0.368 e. The van der Waals surface area contributed by atoms with Crippen LogP contribution in [0.15, 0.2) is 24.1 Å². The molecule has 1 aliphatic rings. The molecule has 0 aliphatic carbocycles. The summed E-state index contributed by atoms with van der Waals surface area (Å²) in [6, 6.07) is 0. The fourth-order valence-corrected chi connectivity index (χ4v) is 3.74. The van der Waals surface area contributed by atoms with Gasteiger partial charge in [-0.1, -0.05) is 0 Å². The molecule has 1 saturated heterocycles. The molecule has 2 N–H and O–H groups in total. The number of thiazole rings is 1. The highest BCUT2D eigenvalue weighted by molar-refractivity contribution is 7.09. The number of carbonyl (C=O) groups excluding carboxylic acids is 1. The van der Waals surface area contributed by atoms with Crippen molar-refractivity contribution in [2.45, 2.75) is 31.8 Å². The molecule has 21 heavy (non-hydrogen) atoms. The third-order valence-electron chi connectivity index (χ3n) is 4.08. The monoisotopic (exact) mass is 303 g/mol. The van der Waals surface area contributed by atoms with Crippen molar-refractivity contribution in [3.63, 3.8) is 0 Å². The number of aromatic nitrogens is 3. The second-order valence-electron chi connectivity index (χ2n) is 5.20. The molecule has 7 heteroatoms. The van der Waals surface area contributed by atoms with Gasteiger partial charge >= 0.3 is 0 Å². The summed E-state index contributed by atoms with van der Waals surface area (Å²) in [6.07, 6.45) is 6.44. The Morgan fingerprint density at radius 2 is 2.33 bits per heavy atom. The lowest BCUT2D eigenvalue weighted by Crippen LogP contribution is -2.51. The van der Waals surface area contributed by atoms with Crippen molar-refractivity contribution in [2.75, 3.05) is 6.54 Å². The number of nitrogens with zero attached hydrogens (tertiary/aromatic N) is 4. The Morgan fingerprint density at radius 3 is 2.95 bits per heavy atom. The molecule has 2 aromatic heterocycles. The summed E-state index contributed by atoms with van der Waals surface area (Å²) in [6.45, 7) is 3.46. The lowest BCUT2D eigenvalue weighted by molar-refractivity contribution is -0.129.